The largest absolute Gasteiger partial charge is 0.348 e. The highest BCUT2D eigenvalue weighted by molar-refractivity contribution is 7.15. The van der Waals surface area contributed by atoms with Crippen LogP contribution >= 0.6 is 11.3 Å². The van der Waals surface area contributed by atoms with Gasteiger partial charge < -0.3 is 9.88 Å². The third kappa shape index (κ3) is 3.56. The molecule has 6 nitrogen and oxygen atoms in total. The molecule has 0 bridgehead atoms. The number of carbonyl (C=O) groups is 1. The Morgan fingerprint density at radius 2 is 2.04 bits per heavy atom. The molecule has 0 radical (unpaired) electrons. The predicted molar refractivity (Wildman–Crippen MR) is 105 cm³/mol. The average molecular weight is 399 g/mol. The van der Waals surface area contributed by atoms with E-state index in [-0.39, 0.29) is 23.7 Å². The van der Waals surface area contributed by atoms with Crippen LogP contribution in [0, 0.1) is 25.6 Å². The van der Waals surface area contributed by atoms with Crippen LogP contribution in [0.1, 0.15) is 41.6 Å². The maximum atomic E-state index is 13.2. The van der Waals surface area contributed by atoms with Crippen molar-refractivity contribution < 1.29 is 9.18 Å². The number of benzene rings is 1. The van der Waals surface area contributed by atoms with Gasteiger partial charge in [0.05, 0.1) is 22.5 Å². The SMILES string of the molecule is Cc1nc(-c2ccc(F)cc2)sc1C(C)NC(=O)C1CCc2nnc(C)n2C1. The number of thiazole rings is 1. The van der Waals surface area contributed by atoms with Crippen LogP contribution < -0.4 is 5.32 Å². The van der Waals surface area contributed by atoms with E-state index in [1.807, 2.05) is 25.3 Å². The molecule has 2 atom stereocenters. The van der Waals surface area contributed by atoms with Gasteiger partial charge in [0.25, 0.3) is 0 Å². The number of nitrogens with zero attached hydrogens (tertiary/aromatic N) is 4. The maximum absolute atomic E-state index is 13.2. The lowest BCUT2D eigenvalue weighted by Crippen LogP contribution is -2.37. The molecule has 0 spiro atoms. The Hall–Kier alpha value is -2.61. The first-order chi connectivity index (χ1) is 13.4. The number of amides is 1. The Morgan fingerprint density at radius 1 is 1.29 bits per heavy atom. The molecule has 1 N–H and O–H groups in total. The Labute approximate surface area is 166 Å². The second kappa shape index (κ2) is 7.43. The van der Waals surface area contributed by atoms with Gasteiger partial charge in [-0.05, 0) is 51.5 Å². The quantitative estimate of drug-likeness (QED) is 0.728. The van der Waals surface area contributed by atoms with Gasteiger partial charge in [-0.25, -0.2) is 9.37 Å². The van der Waals surface area contributed by atoms with E-state index in [0.29, 0.717) is 6.54 Å². The summed E-state index contributed by atoms with van der Waals surface area (Å²) in [6.45, 7) is 6.45. The minimum absolute atomic E-state index is 0.0439. The van der Waals surface area contributed by atoms with Crippen molar-refractivity contribution in [1.29, 1.82) is 0 Å². The lowest BCUT2D eigenvalue weighted by molar-refractivity contribution is -0.126. The maximum Gasteiger partial charge on any atom is 0.225 e. The summed E-state index contributed by atoms with van der Waals surface area (Å²) < 4.78 is 15.2. The molecule has 0 saturated carbocycles. The van der Waals surface area contributed by atoms with Gasteiger partial charge in [-0.15, -0.1) is 21.5 Å². The van der Waals surface area contributed by atoms with Crippen molar-refractivity contribution in [3.05, 3.63) is 52.3 Å². The summed E-state index contributed by atoms with van der Waals surface area (Å²) in [7, 11) is 0. The molecule has 28 heavy (non-hydrogen) atoms. The van der Waals surface area contributed by atoms with Crippen molar-refractivity contribution in [3.63, 3.8) is 0 Å². The van der Waals surface area contributed by atoms with E-state index in [0.717, 1.165) is 45.6 Å². The van der Waals surface area contributed by atoms with Gasteiger partial charge >= 0.3 is 0 Å². The molecule has 8 heteroatoms. The molecule has 146 valence electrons. The second-order valence-corrected chi connectivity index (χ2v) is 8.25. The normalized spacial score (nSPS) is 17.2. The molecule has 0 saturated heterocycles. The molecule has 1 aromatic carbocycles. The highest BCUT2D eigenvalue weighted by Gasteiger charge is 2.28. The van der Waals surface area contributed by atoms with Crippen LogP contribution in [-0.4, -0.2) is 25.7 Å². The van der Waals surface area contributed by atoms with Crippen LogP contribution in [0.25, 0.3) is 10.6 Å². The highest BCUT2D eigenvalue weighted by Crippen LogP contribution is 2.32. The molecule has 3 aromatic rings. The molecular weight excluding hydrogens is 377 g/mol. The summed E-state index contributed by atoms with van der Waals surface area (Å²) in [6, 6.07) is 6.17. The van der Waals surface area contributed by atoms with Crippen molar-refractivity contribution in [2.24, 2.45) is 5.92 Å². The fraction of sp³-hybridized carbons (Fsp3) is 0.400. The third-order valence-electron chi connectivity index (χ3n) is 5.18. The van der Waals surface area contributed by atoms with Crippen LogP contribution in [0.4, 0.5) is 4.39 Å². The van der Waals surface area contributed by atoms with Gasteiger partial charge in [0.2, 0.25) is 5.91 Å². The highest BCUT2D eigenvalue weighted by atomic mass is 32.1. The number of hydrogen-bond acceptors (Lipinski definition) is 5. The number of carbonyl (C=O) groups excluding carboxylic acids is 1. The van der Waals surface area contributed by atoms with E-state index in [2.05, 4.69) is 20.5 Å². The Morgan fingerprint density at radius 3 is 2.79 bits per heavy atom. The standard InChI is InChI=1S/C20H22FN5OS/c1-11(18-12(2)23-20(28-18)14-4-7-16(21)8-5-14)22-19(27)15-6-9-17-25-24-13(3)26(17)10-15/h4-5,7-8,11,15H,6,9-10H2,1-3H3,(H,22,27). The first kappa shape index (κ1) is 18.7. The zero-order chi connectivity index (χ0) is 19.8. The van der Waals surface area contributed by atoms with E-state index in [1.165, 1.54) is 23.5 Å². The van der Waals surface area contributed by atoms with Crippen molar-refractivity contribution in [3.8, 4) is 10.6 Å². The number of rotatable bonds is 4. The smallest absolute Gasteiger partial charge is 0.225 e. The third-order valence-corrected chi connectivity index (χ3v) is 6.57. The van der Waals surface area contributed by atoms with E-state index >= 15 is 0 Å². The monoisotopic (exact) mass is 399 g/mol. The van der Waals surface area contributed by atoms with Gasteiger partial charge in [0.15, 0.2) is 0 Å². The Bertz CT molecular complexity index is 1010. The molecular formula is C20H22FN5OS. The average Bonchev–Trinajstić information content (AvgIpc) is 3.25. The topological polar surface area (TPSA) is 72.7 Å². The predicted octanol–water partition coefficient (Wildman–Crippen LogP) is 3.60. The molecule has 0 aliphatic carbocycles. The molecule has 1 aliphatic heterocycles. The van der Waals surface area contributed by atoms with Gasteiger partial charge in [-0.3, -0.25) is 4.79 Å². The van der Waals surface area contributed by atoms with Crippen molar-refractivity contribution >= 4 is 17.2 Å². The molecule has 3 heterocycles. The molecule has 1 amide bonds. The fourth-order valence-corrected chi connectivity index (χ4v) is 4.67. The zero-order valence-electron chi connectivity index (χ0n) is 16.1. The van der Waals surface area contributed by atoms with Gasteiger partial charge in [0.1, 0.15) is 22.5 Å². The van der Waals surface area contributed by atoms with Crippen molar-refractivity contribution in [1.82, 2.24) is 25.1 Å². The van der Waals surface area contributed by atoms with Crippen LogP contribution in [-0.2, 0) is 17.8 Å². The minimum Gasteiger partial charge on any atom is -0.348 e. The number of halogens is 1. The minimum atomic E-state index is -0.267. The number of aromatic nitrogens is 4. The Kier molecular flexibility index (Phi) is 4.97. The van der Waals surface area contributed by atoms with E-state index in [1.54, 1.807) is 12.1 Å². The fourth-order valence-electron chi connectivity index (χ4n) is 3.60. The van der Waals surface area contributed by atoms with Crippen LogP contribution in [0.2, 0.25) is 0 Å². The first-order valence-corrected chi connectivity index (χ1v) is 10.2. The van der Waals surface area contributed by atoms with Crippen molar-refractivity contribution in [2.75, 3.05) is 0 Å². The molecule has 2 aromatic heterocycles. The lowest BCUT2D eigenvalue weighted by atomic mass is 9.98. The number of aryl methyl sites for hydroxylation is 3. The number of hydrogen-bond donors (Lipinski definition) is 1. The van der Waals surface area contributed by atoms with Gasteiger partial charge in [-0.2, -0.15) is 0 Å². The second-order valence-electron chi connectivity index (χ2n) is 7.22. The van der Waals surface area contributed by atoms with E-state index in [9.17, 15) is 9.18 Å². The van der Waals surface area contributed by atoms with E-state index in [4.69, 9.17) is 0 Å². The lowest BCUT2D eigenvalue weighted by Gasteiger charge is -2.24. The van der Waals surface area contributed by atoms with Gasteiger partial charge in [0, 0.05) is 18.5 Å². The molecule has 1 aliphatic rings. The summed E-state index contributed by atoms with van der Waals surface area (Å²) in [5.74, 6) is 1.49. The number of nitrogens with one attached hydrogen (secondary N) is 1. The summed E-state index contributed by atoms with van der Waals surface area (Å²) in [5, 5.41) is 12.2. The summed E-state index contributed by atoms with van der Waals surface area (Å²) in [6.07, 6.45) is 1.54. The summed E-state index contributed by atoms with van der Waals surface area (Å²) in [4.78, 5) is 18.5. The summed E-state index contributed by atoms with van der Waals surface area (Å²) >= 11 is 1.53. The number of fused-ring (bicyclic) bond motifs is 1. The van der Waals surface area contributed by atoms with Crippen LogP contribution in [0.3, 0.4) is 0 Å². The van der Waals surface area contributed by atoms with E-state index < -0.39 is 0 Å². The molecule has 0 fully saturated rings. The Balaban J connectivity index is 1.46. The van der Waals surface area contributed by atoms with Gasteiger partial charge in [-0.1, -0.05) is 0 Å². The molecule has 2 unspecified atom stereocenters. The van der Waals surface area contributed by atoms with Crippen LogP contribution in [0.15, 0.2) is 24.3 Å². The zero-order valence-corrected chi connectivity index (χ0v) is 16.9. The van der Waals surface area contributed by atoms with Crippen molar-refractivity contribution in [2.45, 2.75) is 46.2 Å². The summed E-state index contributed by atoms with van der Waals surface area (Å²) in [5.41, 5.74) is 1.76. The first-order valence-electron chi connectivity index (χ1n) is 9.34. The van der Waals surface area contributed by atoms with Crippen LogP contribution in [0.5, 0.6) is 0 Å². The molecule has 4 rings (SSSR count).